The average molecular weight is 402 g/mol. The summed E-state index contributed by atoms with van der Waals surface area (Å²) in [6.07, 6.45) is 14.0. The summed E-state index contributed by atoms with van der Waals surface area (Å²) in [6.45, 7) is 8.63. The first-order valence-electron chi connectivity index (χ1n) is 12.6. The number of hydrogen-bond acceptors (Lipinski definition) is 3. The second-order valence-electron chi connectivity index (χ2n) is 11.9. The summed E-state index contributed by atoms with van der Waals surface area (Å²) in [5.74, 6) is 3.14. The van der Waals surface area contributed by atoms with Gasteiger partial charge in [-0.1, -0.05) is 38.8 Å². The van der Waals surface area contributed by atoms with Crippen LogP contribution >= 0.6 is 0 Å². The average Bonchev–Trinajstić information content (AvgIpc) is 2.99. The minimum atomic E-state index is -0.131. The standard InChI is InChI=1S/C26H43NO2/c1-16(22-6-4-5-13-27-22)24-23(29)15-21-19-8-7-17-14-18(28)9-11-25(17,2)20(19)10-12-26(21,24)3/h7,16,18-24,27-29H,4-6,8-15H2,1-3H3/t16-,18+,19+,20+,21+,22+,23+,24-,25+,26+/m1/s1. The lowest BCUT2D eigenvalue weighted by molar-refractivity contribution is -0.0651. The Labute approximate surface area is 177 Å². The van der Waals surface area contributed by atoms with Gasteiger partial charge in [-0.2, -0.15) is 0 Å². The topological polar surface area (TPSA) is 52.5 Å². The van der Waals surface area contributed by atoms with Crippen LogP contribution in [0.25, 0.3) is 0 Å². The van der Waals surface area contributed by atoms with Crippen LogP contribution in [-0.2, 0) is 0 Å². The molecule has 0 unspecified atom stereocenters. The van der Waals surface area contributed by atoms with Crippen molar-refractivity contribution in [3.8, 4) is 0 Å². The van der Waals surface area contributed by atoms with Crippen LogP contribution in [0.15, 0.2) is 11.6 Å². The molecule has 3 N–H and O–H groups in total. The molecule has 1 aliphatic heterocycles. The number of aliphatic hydroxyl groups excluding tert-OH is 2. The molecule has 4 fully saturated rings. The Kier molecular flexibility index (Phi) is 5.20. The van der Waals surface area contributed by atoms with E-state index in [0.717, 1.165) is 44.1 Å². The predicted octanol–water partition coefficient (Wildman–Crippen LogP) is 4.68. The minimum Gasteiger partial charge on any atom is -0.393 e. The Hall–Kier alpha value is -0.380. The SMILES string of the molecule is C[C@@H]([C@@H]1[C@@H](O)C[C@H]2[C@H]3CC=C4C[C@@H](O)CC[C@]4(C)[C@H]3CC[C@]12C)[C@@H]1CCCCN1. The molecule has 29 heavy (non-hydrogen) atoms. The van der Waals surface area contributed by atoms with Crippen molar-refractivity contribution < 1.29 is 10.2 Å². The highest BCUT2D eigenvalue weighted by Crippen LogP contribution is 2.67. The van der Waals surface area contributed by atoms with Gasteiger partial charge in [-0.3, -0.25) is 0 Å². The van der Waals surface area contributed by atoms with Gasteiger partial charge >= 0.3 is 0 Å². The molecule has 0 aromatic heterocycles. The van der Waals surface area contributed by atoms with E-state index in [9.17, 15) is 10.2 Å². The lowest BCUT2D eigenvalue weighted by Gasteiger charge is -2.58. The fraction of sp³-hybridized carbons (Fsp3) is 0.923. The molecule has 1 saturated heterocycles. The van der Waals surface area contributed by atoms with Gasteiger partial charge in [0.1, 0.15) is 0 Å². The van der Waals surface area contributed by atoms with E-state index in [2.05, 4.69) is 32.2 Å². The van der Waals surface area contributed by atoms with Crippen molar-refractivity contribution in [1.82, 2.24) is 5.32 Å². The zero-order valence-corrected chi connectivity index (χ0v) is 18.9. The second kappa shape index (κ2) is 7.35. The van der Waals surface area contributed by atoms with E-state index in [-0.39, 0.29) is 17.6 Å². The van der Waals surface area contributed by atoms with Crippen LogP contribution < -0.4 is 5.32 Å². The van der Waals surface area contributed by atoms with Gasteiger partial charge in [0.2, 0.25) is 0 Å². The van der Waals surface area contributed by atoms with Gasteiger partial charge in [0.05, 0.1) is 12.2 Å². The third-order valence-electron chi connectivity index (χ3n) is 10.7. The molecule has 3 saturated carbocycles. The Balaban J connectivity index is 1.41. The van der Waals surface area contributed by atoms with E-state index in [1.54, 1.807) is 5.57 Å². The maximum atomic E-state index is 11.3. The highest BCUT2D eigenvalue weighted by atomic mass is 16.3. The van der Waals surface area contributed by atoms with Crippen LogP contribution in [0, 0.1) is 40.4 Å². The smallest absolute Gasteiger partial charge is 0.0579 e. The summed E-state index contributed by atoms with van der Waals surface area (Å²) >= 11 is 0. The Morgan fingerprint density at radius 2 is 1.90 bits per heavy atom. The van der Waals surface area contributed by atoms with Gasteiger partial charge in [-0.15, -0.1) is 0 Å². The summed E-state index contributed by atoms with van der Waals surface area (Å²) < 4.78 is 0. The molecule has 3 nitrogen and oxygen atoms in total. The van der Waals surface area contributed by atoms with Gasteiger partial charge in [0.25, 0.3) is 0 Å². The van der Waals surface area contributed by atoms with Crippen molar-refractivity contribution in [3.63, 3.8) is 0 Å². The Morgan fingerprint density at radius 1 is 1.07 bits per heavy atom. The van der Waals surface area contributed by atoms with Crippen LogP contribution in [-0.4, -0.2) is 35.0 Å². The Morgan fingerprint density at radius 3 is 2.66 bits per heavy atom. The number of nitrogens with one attached hydrogen (secondary N) is 1. The molecule has 5 rings (SSSR count). The molecule has 10 atom stereocenters. The predicted molar refractivity (Wildman–Crippen MR) is 117 cm³/mol. The first-order chi connectivity index (χ1) is 13.8. The third-order valence-corrected chi connectivity index (χ3v) is 10.7. The van der Waals surface area contributed by atoms with Crippen molar-refractivity contribution >= 4 is 0 Å². The second-order valence-corrected chi connectivity index (χ2v) is 11.9. The fourth-order valence-corrected chi connectivity index (χ4v) is 9.22. The van der Waals surface area contributed by atoms with Crippen molar-refractivity contribution in [2.45, 2.75) is 103 Å². The highest BCUT2D eigenvalue weighted by Gasteiger charge is 2.62. The summed E-state index contributed by atoms with van der Waals surface area (Å²) in [5.41, 5.74) is 2.13. The quantitative estimate of drug-likeness (QED) is 0.589. The summed E-state index contributed by atoms with van der Waals surface area (Å²) in [7, 11) is 0. The van der Waals surface area contributed by atoms with Crippen molar-refractivity contribution in [2.24, 2.45) is 40.4 Å². The summed E-state index contributed by atoms with van der Waals surface area (Å²) in [6, 6.07) is 0.590. The molecular formula is C26H43NO2. The van der Waals surface area contributed by atoms with E-state index >= 15 is 0 Å². The van der Waals surface area contributed by atoms with Crippen LogP contribution in [0.1, 0.15) is 85.0 Å². The van der Waals surface area contributed by atoms with Gasteiger partial charge in [0, 0.05) is 6.04 Å². The molecule has 0 radical (unpaired) electrons. The minimum absolute atomic E-state index is 0.124. The largest absolute Gasteiger partial charge is 0.393 e. The van der Waals surface area contributed by atoms with E-state index in [0.29, 0.717) is 29.2 Å². The number of hydrogen-bond donors (Lipinski definition) is 3. The van der Waals surface area contributed by atoms with Crippen LogP contribution in [0.4, 0.5) is 0 Å². The highest BCUT2D eigenvalue weighted by molar-refractivity contribution is 5.25. The molecule has 0 bridgehead atoms. The normalized spacial score (nSPS) is 53.4. The number of piperidine rings is 1. The molecule has 0 aromatic rings. The molecule has 1 heterocycles. The maximum absolute atomic E-state index is 11.3. The lowest BCUT2D eigenvalue weighted by Crippen LogP contribution is -2.52. The van der Waals surface area contributed by atoms with E-state index in [1.165, 1.54) is 38.5 Å². The first-order valence-corrected chi connectivity index (χ1v) is 12.6. The zero-order chi connectivity index (χ0) is 20.4. The van der Waals surface area contributed by atoms with Crippen LogP contribution in [0.2, 0.25) is 0 Å². The number of aliphatic hydroxyl groups is 2. The molecule has 4 aliphatic carbocycles. The molecule has 0 spiro atoms. The van der Waals surface area contributed by atoms with Crippen LogP contribution in [0.5, 0.6) is 0 Å². The van der Waals surface area contributed by atoms with Gasteiger partial charge < -0.3 is 15.5 Å². The van der Waals surface area contributed by atoms with Gasteiger partial charge in [0.15, 0.2) is 0 Å². The van der Waals surface area contributed by atoms with Gasteiger partial charge in [-0.05, 0) is 105 Å². The third kappa shape index (κ3) is 3.09. The van der Waals surface area contributed by atoms with Crippen molar-refractivity contribution in [1.29, 1.82) is 0 Å². The van der Waals surface area contributed by atoms with E-state index in [4.69, 9.17) is 0 Å². The number of rotatable bonds is 2. The number of fused-ring (bicyclic) bond motifs is 5. The summed E-state index contributed by atoms with van der Waals surface area (Å²) in [5, 5.41) is 25.3. The lowest BCUT2D eigenvalue weighted by atomic mass is 9.47. The number of allylic oxidation sites excluding steroid dienone is 1. The van der Waals surface area contributed by atoms with Gasteiger partial charge in [-0.25, -0.2) is 0 Å². The molecule has 3 heteroatoms. The van der Waals surface area contributed by atoms with E-state index < -0.39 is 0 Å². The maximum Gasteiger partial charge on any atom is 0.0579 e. The van der Waals surface area contributed by atoms with Crippen molar-refractivity contribution in [3.05, 3.63) is 11.6 Å². The Bertz CT molecular complexity index is 655. The monoisotopic (exact) mass is 401 g/mol. The molecule has 0 aromatic carbocycles. The fourth-order valence-electron chi connectivity index (χ4n) is 9.22. The molecule has 5 aliphatic rings. The van der Waals surface area contributed by atoms with Crippen LogP contribution in [0.3, 0.4) is 0 Å². The first kappa shape index (κ1) is 20.5. The molecule has 0 amide bonds. The van der Waals surface area contributed by atoms with Crippen molar-refractivity contribution in [2.75, 3.05) is 6.54 Å². The molecular weight excluding hydrogens is 358 g/mol. The summed E-state index contributed by atoms with van der Waals surface area (Å²) in [4.78, 5) is 0. The zero-order valence-electron chi connectivity index (χ0n) is 18.9. The van der Waals surface area contributed by atoms with E-state index in [1.807, 2.05) is 0 Å². The molecule has 164 valence electrons.